The molecule has 0 fully saturated rings. The van der Waals surface area contributed by atoms with E-state index in [-0.39, 0.29) is 5.56 Å². The van der Waals surface area contributed by atoms with E-state index in [9.17, 15) is 4.79 Å². The molecule has 0 saturated carbocycles. The lowest BCUT2D eigenvalue weighted by atomic mass is 10.2. The molecule has 0 bridgehead atoms. The molecule has 3 aromatic rings. The van der Waals surface area contributed by atoms with Gasteiger partial charge in [-0.2, -0.15) is 4.98 Å². The lowest BCUT2D eigenvalue weighted by Crippen LogP contribution is -2.05. The average Bonchev–Trinajstić information content (AvgIpc) is 2.62. The summed E-state index contributed by atoms with van der Waals surface area (Å²) in [4.78, 5) is 19.0. The van der Waals surface area contributed by atoms with Gasteiger partial charge in [-0.3, -0.25) is 4.79 Å². The van der Waals surface area contributed by atoms with Crippen molar-refractivity contribution >= 4 is 21.8 Å². The van der Waals surface area contributed by atoms with Crippen molar-refractivity contribution in [1.82, 2.24) is 20.2 Å². The molecule has 3 rings (SSSR count). The fourth-order valence-electron chi connectivity index (χ4n) is 1.52. The van der Waals surface area contributed by atoms with Crippen LogP contribution in [0.5, 0.6) is 0 Å². The molecule has 68 valence electrons. The van der Waals surface area contributed by atoms with Crippen LogP contribution in [-0.2, 0) is 0 Å². The van der Waals surface area contributed by atoms with Crippen molar-refractivity contribution in [2.75, 3.05) is 0 Å². The number of aromatic amines is 2. The highest BCUT2D eigenvalue weighted by atomic mass is 16.1. The van der Waals surface area contributed by atoms with Crippen LogP contribution in [0.4, 0.5) is 0 Å². The van der Waals surface area contributed by atoms with Crippen LogP contribution in [0.25, 0.3) is 21.8 Å². The number of hydrogen-bond acceptors (Lipinski definition) is 3. The SMILES string of the molecule is O=c1ncnc2cc3[nH][nH]cc3cc12. The van der Waals surface area contributed by atoms with Crippen LogP contribution in [0.1, 0.15) is 0 Å². The average molecular weight is 186 g/mol. The minimum absolute atomic E-state index is 0.238. The summed E-state index contributed by atoms with van der Waals surface area (Å²) in [5.74, 6) is 0. The maximum atomic E-state index is 11.4. The number of H-pyrrole nitrogens is 2. The predicted octanol–water partition coefficient (Wildman–Crippen LogP) is 0.799. The van der Waals surface area contributed by atoms with Crippen molar-refractivity contribution in [1.29, 1.82) is 0 Å². The van der Waals surface area contributed by atoms with Crippen LogP contribution in [0.2, 0.25) is 0 Å². The monoisotopic (exact) mass is 186 g/mol. The molecule has 0 aliphatic heterocycles. The van der Waals surface area contributed by atoms with Crippen molar-refractivity contribution < 1.29 is 0 Å². The number of hydrogen-bond donors (Lipinski definition) is 2. The molecule has 0 amide bonds. The Morgan fingerprint density at radius 3 is 3.07 bits per heavy atom. The van der Waals surface area contributed by atoms with Crippen LogP contribution in [0, 0.1) is 0 Å². The van der Waals surface area contributed by atoms with E-state index >= 15 is 0 Å². The summed E-state index contributed by atoms with van der Waals surface area (Å²) < 4.78 is 0. The van der Waals surface area contributed by atoms with Gasteiger partial charge in [-0.25, -0.2) is 4.98 Å². The third-order valence-electron chi connectivity index (χ3n) is 2.20. The van der Waals surface area contributed by atoms with Gasteiger partial charge >= 0.3 is 0 Å². The van der Waals surface area contributed by atoms with Gasteiger partial charge in [0.25, 0.3) is 5.56 Å². The molecule has 2 heterocycles. The van der Waals surface area contributed by atoms with Crippen LogP contribution in [0.15, 0.2) is 29.5 Å². The van der Waals surface area contributed by atoms with Crippen molar-refractivity contribution in [2.45, 2.75) is 0 Å². The molecule has 0 atom stereocenters. The second-order valence-corrected chi connectivity index (χ2v) is 3.05. The number of benzene rings is 1. The lowest BCUT2D eigenvalue weighted by molar-refractivity contribution is 1.12. The number of rotatable bonds is 0. The smallest absolute Gasteiger partial charge is 0.280 e. The van der Waals surface area contributed by atoms with Gasteiger partial charge < -0.3 is 10.2 Å². The second-order valence-electron chi connectivity index (χ2n) is 3.05. The summed E-state index contributed by atoms with van der Waals surface area (Å²) in [5.41, 5.74) is 1.35. The first-order chi connectivity index (χ1) is 6.84. The molecular weight excluding hydrogens is 180 g/mol. The van der Waals surface area contributed by atoms with Crippen LogP contribution in [-0.4, -0.2) is 20.2 Å². The highest BCUT2D eigenvalue weighted by molar-refractivity contribution is 5.93. The first kappa shape index (κ1) is 7.25. The topological polar surface area (TPSA) is 74.4 Å². The van der Waals surface area contributed by atoms with Gasteiger partial charge in [0.2, 0.25) is 0 Å². The first-order valence-corrected chi connectivity index (χ1v) is 4.15. The van der Waals surface area contributed by atoms with Gasteiger partial charge in [0.1, 0.15) is 6.33 Å². The Kier molecular flexibility index (Phi) is 1.25. The zero-order valence-corrected chi connectivity index (χ0v) is 7.11. The minimum atomic E-state index is -0.238. The summed E-state index contributed by atoms with van der Waals surface area (Å²) in [5, 5.41) is 7.30. The number of aromatic nitrogens is 4. The van der Waals surface area contributed by atoms with Gasteiger partial charge in [-0.05, 0) is 12.1 Å². The van der Waals surface area contributed by atoms with E-state index in [1.54, 1.807) is 12.3 Å². The van der Waals surface area contributed by atoms with Crippen LogP contribution in [0.3, 0.4) is 0 Å². The predicted molar refractivity (Wildman–Crippen MR) is 52.0 cm³/mol. The molecule has 5 nitrogen and oxygen atoms in total. The van der Waals surface area contributed by atoms with E-state index in [0.717, 1.165) is 10.9 Å². The maximum absolute atomic E-state index is 11.4. The molecular formula is C9H6N4O. The quantitative estimate of drug-likeness (QED) is 0.545. The Labute approximate surface area is 77.8 Å². The molecule has 0 unspecified atom stereocenters. The Morgan fingerprint density at radius 2 is 2.14 bits per heavy atom. The molecule has 2 aromatic heterocycles. The molecule has 14 heavy (non-hydrogen) atoms. The van der Waals surface area contributed by atoms with Gasteiger partial charge in [0, 0.05) is 11.6 Å². The normalized spacial score (nSPS) is 11.1. The van der Waals surface area contributed by atoms with Crippen molar-refractivity contribution in [3.8, 4) is 0 Å². The first-order valence-electron chi connectivity index (χ1n) is 4.15. The summed E-state index contributed by atoms with van der Waals surface area (Å²) in [6.07, 6.45) is 3.07. The molecule has 0 aliphatic rings. The zero-order valence-electron chi connectivity index (χ0n) is 7.11. The van der Waals surface area contributed by atoms with E-state index in [1.165, 1.54) is 6.33 Å². The fraction of sp³-hybridized carbons (Fsp3) is 0. The van der Waals surface area contributed by atoms with E-state index in [0.29, 0.717) is 10.9 Å². The van der Waals surface area contributed by atoms with Crippen molar-refractivity contribution in [3.63, 3.8) is 0 Å². The van der Waals surface area contributed by atoms with E-state index < -0.39 is 0 Å². The Morgan fingerprint density at radius 1 is 1.21 bits per heavy atom. The Bertz CT molecular complexity index is 667. The third-order valence-corrected chi connectivity index (χ3v) is 2.20. The van der Waals surface area contributed by atoms with Gasteiger partial charge in [0.05, 0.1) is 16.4 Å². The Hall–Kier alpha value is -2.17. The van der Waals surface area contributed by atoms with Gasteiger partial charge in [-0.1, -0.05) is 0 Å². The minimum Gasteiger partial charge on any atom is -0.307 e. The van der Waals surface area contributed by atoms with E-state index in [1.807, 2.05) is 6.07 Å². The number of fused-ring (bicyclic) bond motifs is 2. The van der Waals surface area contributed by atoms with Crippen LogP contribution < -0.4 is 5.56 Å². The molecule has 5 heteroatoms. The summed E-state index contributed by atoms with van der Waals surface area (Å²) >= 11 is 0. The Balaban J connectivity index is 2.63. The standard InChI is InChI=1S/C9H6N4O/c14-9-6-1-5-3-12-13-7(5)2-8(6)10-4-11-9/h1-4,12-13H. The highest BCUT2D eigenvalue weighted by Gasteiger charge is 2.02. The third kappa shape index (κ3) is 0.861. The van der Waals surface area contributed by atoms with Gasteiger partial charge in [-0.15, -0.1) is 0 Å². The molecule has 0 spiro atoms. The largest absolute Gasteiger partial charge is 0.307 e. The van der Waals surface area contributed by atoms with Crippen molar-refractivity contribution in [3.05, 3.63) is 35.0 Å². The maximum Gasteiger partial charge on any atom is 0.280 e. The molecule has 1 aromatic carbocycles. The number of nitrogens with zero attached hydrogens (tertiary/aromatic N) is 2. The fourth-order valence-corrected chi connectivity index (χ4v) is 1.52. The highest BCUT2D eigenvalue weighted by Crippen LogP contribution is 2.15. The zero-order chi connectivity index (χ0) is 9.54. The summed E-state index contributed by atoms with van der Waals surface area (Å²) in [7, 11) is 0. The molecule has 2 N–H and O–H groups in total. The van der Waals surface area contributed by atoms with Crippen LogP contribution >= 0.6 is 0 Å². The lowest BCUT2D eigenvalue weighted by Gasteiger charge is -1.93. The van der Waals surface area contributed by atoms with E-state index in [2.05, 4.69) is 20.2 Å². The summed E-state index contributed by atoms with van der Waals surface area (Å²) in [6, 6.07) is 3.60. The van der Waals surface area contributed by atoms with Gasteiger partial charge in [0.15, 0.2) is 0 Å². The summed E-state index contributed by atoms with van der Waals surface area (Å²) in [6.45, 7) is 0. The molecule has 0 radical (unpaired) electrons. The second kappa shape index (κ2) is 2.41. The van der Waals surface area contributed by atoms with Crippen molar-refractivity contribution in [2.24, 2.45) is 0 Å². The molecule has 0 aliphatic carbocycles. The van der Waals surface area contributed by atoms with E-state index in [4.69, 9.17) is 0 Å². The number of nitrogens with one attached hydrogen (secondary N) is 2. The molecule has 0 saturated heterocycles.